The molecule has 0 radical (unpaired) electrons. The Hall–Kier alpha value is -1.90. The van der Waals surface area contributed by atoms with Crippen molar-refractivity contribution in [3.8, 4) is 5.75 Å². The lowest BCUT2D eigenvalue weighted by atomic mass is 10.3. The number of ether oxygens (including phenoxy) is 1. The molecule has 0 unspecified atom stereocenters. The van der Waals surface area contributed by atoms with Crippen LogP contribution in [0.1, 0.15) is 0 Å². The zero-order valence-electron chi connectivity index (χ0n) is 11.1. The first-order chi connectivity index (χ1) is 10.4. The van der Waals surface area contributed by atoms with Gasteiger partial charge in [0.05, 0.1) is 12.0 Å². The molecule has 7 nitrogen and oxygen atoms in total. The molecule has 0 N–H and O–H groups in total. The zero-order valence-corrected chi connectivity index (χ0v) is 13.4. The SMILES string of the molecule is COc1ccc(S(=O)(=O)n2cnc3nc(Cl)nc(Cl)c32)cc1. The second-order valence-corrected chi connectivity index (χ2v) is 6.69. The molecule has 3 rings (SSSR count). The van der Waals surface area contributed by atoms with Crippen LogP contribution in [0, 0.1) is 0 Å². The van der Waals surface area contributed by atoms with Gasteiger partial charge in [0.2, 0.25) is 5.28 Å². The highest BCUT2D eigenvalue weighted by Crippen LogP contribution is 2.26. The lowest BCUT2D eigenvalue weighted by molar-refractivity contribution is 0.414. The van der Waals surface area contributed by atoms with Gasteiger partial charge in [-0.05, 0) is 35.9 Å². The third kappa shape index (κ3) is 2.39. The molecule has 0 spiro atoms. The van der Waals surface area contributed by atoms with Crippen molar-refractivity contribution in [1.82, 2.24) is 18.9 Å². The number of benzene rings is 1. The summed E-state index contributed by atoms with van der Waals surface area (Å²) in [6, 6.07) is 5.93. The second kappa shape index (κ2) is 5.38. The first-order valence-electron chi connectivity index (χ1n) is 5.89. The van der Waals surface area contributed by atoms with E-state index in [1.165, 1.54) is 19.2 Å². The fraction of sp³-hybridized carbons (Fsp3) is 0.0833. The molecule has 0 aliphatic heterocycles. The number of methoxy groups -OCH3 is 1. The number of hydrogen-bond donors (Lipinski definition) is 0. The highest BCUT2D eigenvalue weighted by atomic mass is 35.5. The summed E-state index contributed by atoms with van der Waals surface area (Å²) in [5.74, 6) is 0.544. The summed E-state index contributed by atoms with van der Waals surface area (Å²) in [6.07, 6.45) is 1.11. The topological polar surface area (TPSA) is 87.0 Å². The predicted octanol–water partition coefficient (Wildman–Crippen LogP) is 2.38. The van der Waals surface area contributed by atoms with Crippen LogP contribution >= 0.6 is 23.2 Å². The molecule has 10 heteroatoms. The minimum atomic E-state index is -3.89. The molecule has 0 atom stereocenters. The minimum absolute atomic E-state index is 0.0543. The molecule has 0 saturated carbocycles. The molecule has 0 fully saturated rings. The Kier molecular flexibility index (Phi) is 3.67. The molecule has 2 heterocycles. The summed E-state index contributed by atoms with van der Waals surface area (Å²) in [5, 5.41) is -0.200. The van der Waals surface area contributed by atoms with Crippen molar-refractivity contribution in [2.45, 2.75) is 4.90 Å². The van der Waals surface area contributed by atoms with Crippen LogP contribution in [0.25, 0.3) is 11.2 Å². The average molecular weight is 359 g/mol. The van der Waals surface area contributed by atoms with Gasteiger partial charge in [-0.1, -0.05) is 11.6 Å². The van der Waals surface area contributed by atoms with Gasteiger partial charge in [-0.15, -0.1) is 0 Å². The van der Waals surface area contributed by atoms with Gasteiger partial charge in [0.25, 0.3) is 10.0 Å². The van der Waals surface area contributed by atoms with Crippen molar-refractivity contribution in [3.05, 3.63) is 41.0 Å². The number of hydrogen-bond acceptors (Lipinski definition) is 6. The van der Waals surface area contributed by atoms with Gasteiger partial charge < -0.3 is 4.74 Å². The van der Waals surface area contributed by atoms with E-state index in [-0.39, 0.29) is 26.5 Å². The van der Waals surface area contributed by atoms with Gasteiger partial charge in [-0.25, -0.2) is 22.4 Å². The summed E-state index contributed by atoms with van der Waals surface area (Å²) in [4.78, 5) is 11.5. The summed E-state index contributed by atoms with van der Waals surface area (Å²) in [6.45, 7) is 0. The van der Waals surface area contributed by atoms with Crippen molar-refractivity contribution < 1.29 is 13.2 Å². The molecule has 0 bridgehead atoms. The number of imidazole rings is 1. The van der Waals surface area contributed by atoms with E-state index in [1.54, 1.807) is 12.1 Å². The van der Waals surface area contributed by atoms with E-state index in [4.69, 9.17) is 27.9 Å². The number of halogens is 2. The fourth-order valence-electron chi connectivity index (χ4n) is 1.88. The van der Waals surface area contributed by atoms with E-state index in [0.717, 1.165) is 10.3 Å². The second-order valence-electron chi connectivity index (χ2n) is 4.18. The first kappa shape index (κ1) is 15.0. The molecule has 22 heavy (non-hydrogen) atoms. The van der Waals surface area contributed by atoms with Gasteiger partial charge in [0.1, 0.15) is 17.6 Å². The van der Waals surface area contributed by atoms with Gasteiger partial charge in [-0.2, -0.15) is 4.98 Å². The molecular formula is C12H8Cl2N4O3S. The van der Waals surface area contributed by atoms with E-state index >= 15 is 0 Å². The first-order valence-corrected chi connectivity index (χ1v) is 8.09. The molecule has 2 aromatic heterocycles. The summed E-state index contributed by atoms with van der Waals surface area (Å²) < 4.78 is 31.3. The highest BCUT2D eigenvalue weighted by Gasteiger charge is 2.23. The minimum Gasteiger partial charge on any atom is -0.497 e. The lowest BCUT2D eigenvalue weighted by Crippen LogP contribution is -2.12. The van der Waals surface area contributed by atoms with Crippen LogP contribution in [-0.4, -0.2) is 34.5 Å². The van der Waals surface area contributed by atoms with Gasteiger partial charge in [0.15, 0.2) is 10.8 Å². The van der Waals surface area contributed by atoms with Gasteiger partial charge in [0, 0.05) is 0 Å². The molecule has 0 aliphatic rings. The van der Waals surface area contributed by atoms with Crippen LogP contribution < -0.4 is 4.74 Å². The Labute approximate surface area is 135 Å². The molecule has 3 aromatic rings. The van der Waals surface area contributed by atoms with Gasteiger partial charge >= 0.3 is 0 Å². The van der Waals surface area contributed by atoms with Crippen LogP contribution in [0.2, 0.25) is 10.4 Å². The zero-order chi connectivity index (χ0) is 15.9. The van der Waals surface area contributed by atoms with Gasteiger partial charge in [-0.3, -0.25) is 0 Å². The van der Waals surface area contributed by atoms with Crippen LogP contribution in [0.15, 0.2) is 35.5 Å². The highest BCUT2D eigenvalue weighted by molar-refractivity contribution is 7.90. The predicted molar refractivity (Wildman–Crippen MR) is 80.9 cm³/mol. The van der Waals surface area contributed by atoms with Crippen LogP contribution in [-0.2, 0) is 10.0 Å². The molecule has 0 saturated heterocycles. The van der Waals surface area contributed by atoms with Crippen LogP contribution in [0.4, 0.5) is 0 Å². The molecule has 0 aliphatic carbocycles. The maximum atomic E-state index is 12.7. The van der Waals surface area contributed by atoms with E-state index in [0.29, 0.717) is 5.75 Å². The van der Waals surface area contributed by atoms with E-state index in [2.05, 4.69) is 15.0 Å². The fourth-order valence-corrected chi connectivity index (χ4v) is 3.68. The molecule has 1 aromatic carbocycles. The van der Waals surface area contributed by atoms with E-state index < -0.39 is 10.0 Å². The summed E-state index contributed by atoms with van der Waals surface area (Å²) in [7, 11) is -2.40. The number of nitrogens with zero attached hydrogens (tertiary/aromatic N) is 4. The Balaban J connectivity index is 2.20. The third-order valence-electron chi connectivity index (χ3n) is 2.92. The van der Waals surface area contributed by atoms with Crippen molar-refractivity contribution in [1.29, 1.82) is 0 Å². The monoisotopic (exact) mass is 358 g/mol. The lowest BCUT2D eigenvalue weighted by Gasteiger charge is -2.07. The number of fused-ring (bicyclic) bond motifs is 1. The quantitative estimate of drug-likeness (QED) is 0.527. The Morgan fingerprint density at radius 3 is 2.45 bits per heavy atom. The van der Waals surface area contributed by atoms with Crippen LogP contribution in [0.3, 0.4) is 0 Å². The van der Waals surface area contributed by atoms with Crippen molar-refractivity contribution in [2.75, 3.05) is 7.11 Å². The van der Waals surface area contributed by atoms with Crippen LogP contribution in [0.5, 0.6) is 5.75 Å². The number of aromatic nitrogens is 4. The Morgan fingerprint density at radius 1 is 1.14 bits per heavy atom. The normalized spacial score (nSPS) is 11.8. The Morgan fingerprint density at radius 2 is 1.82 bits per heavy atom. The average Bonchev–Trinajstić information content (AvgIpc) is 2.92. The summed E-state index contributed by atoms with van der Waals surface area (Å²) >= 11 is 11.6. The van der Waals surface area contributed by atoms with Crippen molar-refractivity contribution in [3.63, 3.8) is 0 Å². The number of rotatable bonds is 3. The van der Waals surface area contributed by atoms with E-state index in [9.17, 15) is 8.42 Å². The van der Waals surface area contributed by atoms with Crippen molar-refractivity contribution >= 4 is 44.4 Å². The smallest absolute Gasteiger partial charge is 0.269 e. The maximum Gasteiger partial charge on any atom is 0.269 e. The maximum absolute atomic E-state index is 12.7. The van der Waals surface area contributed by atoms with E-state index in [1.807, 2.05) is 0 Å². The standard InChI is InChI=1S/C12H8Cl2N4O3S/c1-21-7-2-4-8(5-3-7)22(19,20)18-6-15-11-9(18)10(13)16-12(14)17-11/h2-6H,1H3. The molecule has 0 amide bonds. The third-order valence-corrected chi connectivity index (χ3v) is 5.01. The molecule has 114 valence electrons. The summed E-state index contributed by atoms with van der Waals surface area (Å²) in [5.41, 5.74) is 0.170. The Bertz CT molecular complexity index is 954. The largest absolute Gasteiger partial charge is 0.497 e. The molecular weight excluding hydrogens is 351 g/mol. The van der Waals surface area contributed by atoms with Crippen molar-refractivity contribution in [2.24, 2.45) is 0 Å².